The van der Waals surface area contributed by atoms with Crippen LogP contribution in [0.4, 0.5) is 0 Å². The Morgan fingerprint density at radius 3 is 2.83 bits per heavy atom. The van der Waals surface area contributed by atoms with Gasteiger partial charge in [0.25, 0.3) is 0 Å². The Labute approximate surface area is 70.0 Å². The summed E-state index contributed by atoms with van der Waals surface area (Å²) in [5.41, 5.74) is 0.185. The first-order valence-electron chi connectivity index (χ1n) is 3.66. The highest BCUT2D eigenvalue weighted by molar-refractivity contribution is 6.40. The summed E-state index contributed by atoms with van der Waals surface area (Å²) in [6.45, 7) is 2.01. The SMILES string of the molecule is CCOC(=O)C1=NN(C)C(=O)C1. The van der Waals surface area contributed by atoms with E-state index >= 15 is 0 Å². The van der Waals surface area contributed by atoms with Crippen molar-refractivity contribution in [2.45, 2.75) is 13.3 Å². The fourth-order valence-corrected chi connectivity index (χ4v) is 0.857. The van der Waals surface area contributed by atoms with Gasteiger partial charge in [-0.25, -0.2) is 9.80 Å². The lowest BCUT2D eigenvalue weighted by Crippen LogP contribution is -2.17. The molecule has 1 aliphatic rings. The van der Waals surface area contributed by atoms with Gasteiger partial charge in [0.05, 0.1) is 13.0 Å². The highest BCUT2D eigenvalue weighted by atomic mass is 16.5. The fraction of sp³-hybridized carbons (Fsp3) is 0.571. The topological polar surface area (TPSA) is 59.0 Å². The first-order chi connectivity index (χ1) is 5.65. The van der Waals surface area contributed by atoms with E-state index < -0.39 is 5.97 Å². The summed E-state index contributed by atoms with van der Waals surface area (Å²) in [5, 5.41) is 4.86. The van der Waals surface area contributed by atoms with Crippen molar-refractivity contribution < 1.29 is 14.3 Å². The van der Waals surface area contributed by atoms with E-state index in [1.54, 1.807) is 6.92 Å². The molecule has 1 rings (SSSR count). The second kappa shape index (κ2) is 3.34. The van der Waals surface area contributed by atoms with Crippen molar-refractivity contribution in [1.29, 1.82) is 0 Å². The normalized spacial score (nSPS) is 16.3. The largest absolute Gasteiger partial charge is 0.461 e. The molecule has 0 saturated heterocycles. The van der Waals surface area contributed by atoms with Crippen LogP contribution in [-0.2, 0) is 14.3 Å². The van der Waals surface area contributed by atoms with Gasteiger partial charge in [-0.3, -0.25) is 4.79 Å². The van der Waals surface area contributed by atoms with Gasteiger partial charge in [0.1, 0.15) is 0 Å². The van der Waals surface area contributed by atoms with Crippen molar-refractivity contribution in [3.05, 3.63) is 0 Å². The zero-order chi connectivity index (χ0) is 9.14. The summed E-state index contributed by atoms with van der Waals surface area (Å²) in [5.74, 6) is -0.687. The molecule has 12 heavy (non-hydrogen) atoms. The Morgan fingerprint density at radius 1 is 1.75 bits per heavy atom. The third-order valence-electron chi connectivity index (χ3n) is 1.46. The maximum atomic E-state index is 11.0. The van der Waals surface area contributed by atoms with Crippen molar-refractivity contribution in [3.8, 4) is 0 Å². The number of hydrazone groups is 1. The van der Waals surface area contributed by atoms with Crippen LogP contribution >= 0.6 is 0 Å². The summed E-state index contributed by atoms with van der Waals surface area (Å²) in [7, 11) is 1.51. The Morgan fingerprint density at radius 2 is 2.42 bits per heavy atom. The van der Waals surface area contributed by atoms with Gasteiger partial charge in [-0.05, 0) is 6.92 Å². The van der Waals surface area contributed by atoms with Gasteiger partial charge in [0, 0.05) is 7.05 Å². The number of ether oxygens (including phenoxy) is 1. The number of hydrogen-bond acceptors (Lipinski definition) is 4. The van der Waals surface area contributed by atoms with Crippen LogP contribution in [0.1, 0.15) is 13.3 Å². The molecule has 0 aromatic rings. The molecule has 0 aromatic heterocycles. The van der Waals surface area contributed by atoms with Crippen molar-refractivity contribution in [2.24, 2.45) is 5.10 Å². The standard InChI is InChI=1S/C7H10N2O3/c1-3-12-7(11)5-4-6(10)9(2)8-5/h3-4H2,1-2H3. The molecule has 0 N–H and O–H groups in total. The molecule has 0 unspecified atom stereocenters. The molecule has 0 aliphatic carbocycles. The third-order valence-corrected chi connectivity index (χ3v) is 1.46. The molecule has 1 heterocycles. The van der Waals surface area contributed by atoms with Crippen LogP contribution < -0.4 is 0 Å². The molecular formula is C7H10N2O3. The highest BCUT2D eigenvalue weighted by Gasteiger charge is 2.26. The number of carbonyl (C=O) groups is 2. The average molecular weight is 170 g/mol. The molecule has 5 nitrogen and oxygen atoms in total. The lowest BCUT2D eigenvalue weighted by Gasteiger charge is -1.99. The van der Waals surface area contributed by atoms with E-state index in [-0.39, 0.29) is 18.0 Å². The Hall–Kier alpha value is -1.39. The van der Waals surface area contributed by atoms with Crippen molar-refractivity contribution in [1.82, 2.24) is 5.01 Å². The van der Waals surface area contributed by atoms with Gasteiger partial charge < -0.3 is 4.74 Å². The molecular weight excluding hydrogens is 160 g/mol. The lowest BCUT2D eigenvalue weighted by atomic mass is 10.3. The van der Waals surface area contributed by atoms with Crippen LogP contribution in [0.2, 0.25) is 0 Å². The molecule has 0 spiro atoms. The fourth-order valence-electron chi connectivity index (χ4n) is 0.857. The molecule has 66 valence electrons. The van der Waals surface area contributed by atoms with Crippen LogP contribution in [0.15, 0.2) is 5.10 Å². The van der Waals surface area contributed by atoms with Crippen molar-refractivity contribution in [2.75, 3.05) is 13.7 Å². The second-order valence-electron chi connectivity index (χ2n) is 2.36. The molecule has 0 bridgehead atoms. The number of esters is 1. The number of hydrogen-bond donors (Lipinski definition) is 0. The Kier molecular flexibility index (Phi) is 2.42. The van der Waals surface area contributed by atoms with Gasteiger partial charge in [0.15, 0.2) is 5.71 Å². The van der Waals surface area contributed by atoms with Crippen molar-refractivity contribution >= 4 is 17.6 Å². The molecule has 0 fully saturated rings. The number of carbonyl (C=O) groups excluding carboxylic acids is 2. The van der Waals surface area contributed by atoms with E-state index in [2.05, 4.69) is 9.84 Å². The van der Waals surface area contributed by atoms with E-state index in [1.807, 2.05) is 0 Å². The Bertz CT molecular complexity index is 247. The lowest BCUT2D eigenvalue weighted by molar-refractivity contribution is -0.135. The molecule has 0 saturated carbocycles. The zero-order valence-corrected chi connectivity index (χ0v) is 7.03. The predicted octanol–water partition coefficient (Wildman–Crippen LogP) is -0.232. The minimum atomic E-state index is -0.504. The summed E-state index contributed by atoms with van der Waals surface area (Å²) in [6, 6.07) is 0. The monoisotopic (exact) mass is 170 g/mol. The van der Waals surface area contributed by atoms with Crippen LogP contribution in [0.5, 0.6) is 0 Å². The first kappa shape index (κ1) is 8.70. The Balaban J connectivity index is 2.60. The molecule has 1 aliphatic heterocycles. The minimum absolute atomic E-state index is 0.0509. The van der Waals surface area contributed by atoms with Gasteiger partial charge in [-0.2, -0.15) is 5.10 Å². The molecule has 5 heteroatoms. The van der Waals surface area contributed by atoms with Crippen LogP contribution in [0, 0.1) is 0 Å². The van der Waals surface area contributed by atoms with Gasteiger partial charge in [-0.15, -0.1) is 0 Å². The molecule has 1 amide bonds. The van der Waals surface area contributed by atoms with E-state index in [1.165, 1.54) is 7.05 Å². The number of amides is 1. The first-order valence-corrected chi connectivity index (χ1v) is 3.66. The van der Waals surface area contributed by atoms with E-state index in [0.29, 0.717) is 6.61 Å². The molecule has 0 radical (unpaired) electrons. The van der Waals surface area contributed by atoms with Crippen LogP contribution in [-0.4, -0.2) is 36.3 Å². The van der Waals surface area contributed by atoms with E-state index in [9.17, 15) is 9.59 Å². The second-order valence-corrected chi connectivity index (χ2v) is 2.36. The van der Waals surface area contributed by atoms with Gasteiger partial charge in [0.2, 0.25) is 5.91 Å². The number of rotatable bonds is 2. The number of nitrogens with zero attached hydrogens (tertiary/aromatic N) is 2. The predicted molar refractivity (Wildman–Crippen MR) is 41.5 cm³/mol. The average Bonchev–Trinajstić information content (AvgIpc) is 2.33. The van der Waals surface area contributed by atoms with Crippen molar-refractivity contribution in [3.63, 3.8) is 0 Å². The smallest absolute Gasteiger partial charge is 0.355 e. The van der Waals surface area contributed by atoms with E-state index in [4.69, 9.17) is 0 Å². The van der Waals surface area contributed by atoms with E-state index in [0.717, 1.165) is 5.01 Å². The maximum absolute atomic E-state index is 11.0. The zero-order valence-electron chi connectivity index (χ0n) is 7.03. The molecule has 0 aromatic carbocycles. The van der Waals surface area contributed by atoms with Gasteiger partial charge >= 0.3 is 5.97 Å². The molecule has 0 atom stereocenters. The maximum Gasteiger partial charge on any atom is 0.355 e. The summed E-state index contributed by atoms with van der Waals surface area (Å²) >= 11 is 0. The quantitative estimate of drug-likeness (QED) is 0.538. The summed E-state index contributed by atoms with van der Waals surface area (Å²) in [6.07, 6.45) is 0.0509. The summed E-state index contributed by atoms with van der Waals surface area (Å²) < 4.78 is 4.67. The minimum Gasteiger partial charge on any atom is -0.461 e. The third kappa shape index (κ3) is 1.61. The van der Waals surface area contributed by atoms with Crippen LogP contribution in [0.25, 0.3) is 0 Å². The van der Waals surface area contributed by atoms with Crippen LogP contribution in [0.3, 0.4) is 0 Å². The highest BCUT2D eigenvalue weighted by Crippen LogP contribution is 2.06. The van der Waals surface area contributed by atoms with Gasteiger partial charge in [-0.1, -0.05) is 0 Å². The summed E-state index contributed by atoms with van der Waals surface area (Å²) in [4.78, 5) is 21.9.